The predicted molar refractivity (Wildman–Crippen MR) is 188 cm³/mol. The van der Waals surface area contributed by atoms with Gasteiger partial charge in [0.2, 0.25) is 0 Å². The lowest BCUT2D eigenvalue weighted by molar-refractivity contribution is 0.102. The largest absolute Gasteiger partial charge is 0.455 e. The highest BCUT2D eigenvalue weighted by Gasteiger charge is 2.34. The molecule has 0 saturated carbocycles. The standard InChI is InChI=1S/C41H34N2O4/c1-5-41(3,4)26-17-21-28(22-18-26)47-32-23-31(42-27-19-15-24(2)16-20-27)34-35-33(29-13-9-10-14-30(29)39(34)45)36(40(46)43-37(32)35)38(44)25-11-7-6-8-12-25/h6-23,42H,5H2,1-4H3,(H,43,46). The quantitative estimate of drug-likeness (QED) is 0.166. The number of H-pyrrole nitrogens is 1. The van der Waals surface area contributed by atoms with Crippen molar-refractivity contribution < 1.29 is 14.3 Å². The highest BCUT2D eigenvalue weighted by Crippen LogP contribution is 2.47. The molecule has 2 N–H and O–H groups in total. The monoisotopic (exact) mass is 618 g/mol. The molecule has 0 spiro atoms. The number of benzene rings is 5. The van der Waals surface area contributed by atoms with E-state index >= 15 is 0 Å². The maximum Gasteiger partial charge on any atom is 0.260 e. The van der Waals surface area contributed by atoms with Crippen molar-refractivity contribution in [1.29, 1.82) is 0 Å². The topological polar surface area (TPSA) is 88.3 Å². The molecule has 1 aliphatic rings. The number of aromatic amines is 1. The van der Waals surface area contributed by atoms with Crippen LogP contribution in [0.2, 0.25) is 0 Å². The van der Waals surface area contributed by atoms with Gasteiger partial charge in [-0.25, -0.2) is 0 Å². The van der Waals surface area contributed by atoms with E-state index in [1.165, 1.54) is 5.56 Å². The molecule has 7 rings (SSSR count). The van der Waals surface area contributed by atoms with Crippen LogP contribution in [-0.2, 0) is 5.41 Å². The zero-order valence-corrected chi connectivity index (χ0v) is 26.7. The van der Waals surface area contributed by atoms with Crippen molar-refractivity contribution in [2.75, 3.05) is 5.32 Å². The first-order chi connectivity index (χ1) is 22.7. The Bertz CT molecular complexity index is 2250. The van der Waals surface area contributed by atoms with E-state index in [1.807, 2.05) is 55.5 Å². The highest BCUT2D eigenvalue weighted by molar-refractivity contribution is 6.31. The third kappa shape index (κ3) is 5.22. The fourth-order valence-corrected chi connectivity index (χ4v) is 6.21. The lowest BCUT2D eigenvalue weighted by Crippen LogP contribution is -2.24. The second-order valence-electron chi connectivity index (χ2n) is 12.7. The van der Waals surface area contributed by atoms with Crippen LogP contribution in [0.4, 0.5) is 11.4 Å². The Morgan fingerprint density at radius 3 is 2.15 bits per heavy atom. The van der Waals surface area contributed by atoms with E-state index in [0.717, 1.165) is 17.7 Å². The van der Waals surface area contributed by atoms with Crippen LogP contribution in [0.3, 0.4) is 0 Å². The average Bonchev–Trinajstić information content (AvgIpc) is 3.09. The summed E-state index contributed by atoms with van der Waals surface area (Å²) in [6.45, 7) is 8.57. The first-order valence-corrected chi connectivity index (χ1v) is 15.8. The summed E-state index contributed by atoms with van der Waals surface area (Å²) in [6.07, 6.45) is 0.983. The summed E-state index contributed by atoms with van der Waals surface area (Å²) >= 11 is 0. The molecule has 0 unspecified atom stereocenters. The van der Waals surface area contributed by atoms with Gasteiger partial charge in [-0.1, -0.05) is 105 Å². The minimum atomic E-state index is -0.555. The van der Waals surface area contributed by atoms with Gasteiger partial charge in [-0.15, -0.1) is 0 Å². The summed E-state index contributed by atoms with van der Waals surface area (Å²) in [7, 11) is 0. The van der Waals surface area contributed by atoms with Crippen molar-refractivity contribution in [3.05, 3.63) is 153 Å². The normalized spacial score (nSPS) is 12.1. The number of carbonyl (C=O) groups excluding carboxylic acids is 2. The molecule has 0 amide bonds. The van der Waals surface area contributed by atoms with Gasteiger partial charge in [-0.2, -0.15) is 0 Å². The van der Waals surface area contributed by atoms with E-state index in [1.54, 1.807) is 48.5 Å². The Hall–Kier alpha value is -5.75. The first kappa shape index (κ1) is 29.9. The van der Waals surface area contributed by atoms with Crippen molar-refractivity contribution in [3.8, 4) is 22.6 Å². The molecule has 5 aromatic carbocycles. The lowest BCUT2D eigenvalue weighted by Gasteiger charge is -2.26. The molecular weight excluding hydrogens is 584 g/mol. The summed E-state index contributed by atoms with van der Waals surface area (Å²) < 4.78 is 6.53. The van der Waals surface area contributed by atoms with E-state index in [4.69, 9.17) is 4.74 Å². The summed E-state index contributed by atoms with van der Waals surface area (Å²) in [5, 5.41) is 3.91. The number of aryl methyl sites for hydroxylation is 1. The highest BCUT2D eigenvalue weighted by atomic mass is 16.5. The number of carbonyl (C=O) groups is 2. The Morgan fingerprint density at radius 1 is 0.809 bits per heavy atom. The van der Waals surface area contributed by atoms with Gasteiger partial charge >= 0.3 is 0 Å². The molecular formula is C41H34N2O4. The van der Waals surface area contributed by atoms with Crippen molar-refractivity contribution in [1.82, 2.24) is 4.98 Å². The summed E-state index contributed by atoms with van der Waals surface area (Å²) in [4.78, 5) is 45.4. The molecule has 0 radical (unpaired) electrons. The van der Waals surface area contributed by atoms with Gasteiger partial charge in [0.1, 0.15) is 5.75 Å². The van der Waals surface area contributed by atoms with Crippen LogP contribution in [0, 0.1) is 6.92 Å². The minimum absolute atomic E-state index is 0.00455. The van der Waals surface area contributed by atoms with Gasteiger partial charge in [0.05, 0.1) is 22.3 Å². The van der Waals surface area contributed by atoms with E-state index in [-0.39, 0.29) is 16.8 Å². The van der Waals surface area contributed by atoms with Crippen LogP contribution in [-0.4, -0.2) is 16.6 Å². The molecule has 1 aromatic heterocycles. The van der Waals surface area contributed by atoms with Gasteiger partial charge in [0.15, 0.2) is 17.3 Å². The number of ketones is 2. The molecule has 1 aliphatic carbocycles. The second kappa shape index (κ2) is 11.6. The first-order valence-electron chi connectivity index (χ1n) is 15.8. The molecule has 0 saturated heterocycles. The SMILES string of the molecule is CCC(C)(C)c1ccc(Oc2cc(Nc3ccc(C)cc3)c3c4c(c(C(=O)c5ccccc5)c(=O)[nH]c24)-c2ccccc2C3=O)cc1. The van der Waals surface area contributed by atoms with Crippen LogP contribution < -0.4 is 15.6 Å². The van der Waals surface area contributed by atoms with Gasteiger partial charge in [-0.05, 0) is 54.2 Å². The second-order valence-corrected chi connectivity index (χ2v) is 12.7. The number of rotatable bonds is 8. The molecule has 6 nitrogen and oxygen atoms in total. The Balaban J connectivity index is 1.52. The molecule has 0 bridgehead atoms. The zero-order valence-electron chi connectivity index (χ0n) is 26.7. The lowest BCUT2D eigenvalue weighted by atomic mass is 9.80. The predicted octanol–water partition coefficient (Wildman–Crippen LogP) is 9.50. The van der Waals surface area contributed by atoms with Gasteiger partial charge in [0.25, 0.3) is 5.56 Å². The van der Waals surface area contributed by atoms with Crippen molar-refractivity contribution in [2.45, 2.75) is 39.5 Å². The summed E-state index contributed by atoms with van der Waals surface area (Å²) in [6, 6.07) is 33.4. The number of hydrogen-bond donors (Lipinski definition) is 2. The van der Waals surface area contributed by atoms with Crippen molar-refractivity contribution in [3.63, 3.8) is 0 Å². The van der Waals surface area contributed by atoms with Gasteiger partial charge in [-0.3, -0.25) is 14.4 Å². The Kier molecular flexibility index (Phi) is 7.36. The average molecular weight is 619 g/mol. The molecule has 232 valence electrons. The summed E-state index contributed by atoms with van der Waals surface area (Å²) in [5.41, 5.74) is 5.46. The number of nitrogens with one attached hydrogen (secondary N) is 2. The van der Waals surface area contributed by atoms with Crippen LogP contribution in [0.1, 0.15) is 70.2 Å². The van der Waals surface area contributed by atoms with Crippen molar-refractivity contribution >= 4 is 33.8 Å². The van der Waals surface area contributed by atoms with Crippen LogP contribution in [0.5, 0.6) is 11.5 Å². The zero-order chi connectivity index (χ0) is 32.9. The fourth-order valence-electron chi connectivity index (χ4n) is 6.21. The molecule has 6 heteroatoms. The molecule has 47 heavy (non-hydrogen) atoms. The number of fused-ring (bicyclic) bond motifs is 2. The molecule has 0 fully saturated rings. The van der Waals surface area contributed by atoms with E-state index < -0.39 is 11.3 Å². The minimum Gasteiger partial charge on any atom is -0.455 e. The molecule has 1 heterocycles. The smallest absolute Gasteiger partial charge is 0.260 e. The van der Waals surface area contributed by atoms with Crippen LogP contribution in [0.25, 0.3) is 22.0 Å². The number of pyridine rings is 1. The number of hydrogen-bond acceptors (Lipinski definition) is 5. The maximum absolute atomic E-state index is 14.4. The van der Waals surface area contributed by atoms with Gasteiger partial charge < -0.3 is 15.0 Å². The Morgan fingerprint density at radius 2 is 1.47 bits per heavy atom. The van der Waals surface area contributed by atoms with E-state index in [0.29, 0.717) is 55.9 Å². The number of aromatic nitrogens is 1. The molecule has 6 aromatic rings. The van der Waals surface area contributed by atoms with Crippen LogP contribution in [0.15, 0.2) is 114 Å². The number of ether oxygens (including phenoxy) is 1. The molecule has 0 atom stereocenters. The summed E-state index contributed by atoms with van der Waals surface area (Å²) in [5.74, 6) is 0.291. The van der Waals surface area contributed by atoms with E-state index in [9.17, 15) is 14.4 Å². The van der Waals surface area contributed by atoms with Gasteiger partial charge in [0, 0.05) is 33.8 Å². The van der Waals surface area contributed by atoms with Crippen LogP contribution >= 0.6 is 0 Å². The molecule has 0 aliphatic heterocycles. The third-order valence-electron chi connectivity index (χ3n) is 9.27. The number of anilines is 2. The third-order valence-corrected chi connectivity index (χ3v) is 9.27. The Labute approximate surface area is 273 Å². The van der Waals surface area contributed by atoms with E-state index in [2.05, 4.69) is 43.2 Å². The maximum atomic E-state index is 14.4. The fraction of sp³-hybridized carbons (Fsp3) is 0.146. The van der Waals surface area contributed by atoms with Crippen molar-refractivity contribution in [2.24, 2.45) is 0 Å².